The molecule has 1 amide bonds. The number of rotatable bonds is 7. The Kier molecular flexibility index (Phi) is 6.65. The van der Waals surface area contributed by atoms with Gasteiger partial charge in [0, 0.05) is 19.8 Å². The van der Waals surface area contributed by atoms with Crippen LogP contribution in [-0.4, -0.2) is 54.3 Å². The van der Waals surface area contributed by atoms with Gasteiger partial charge in [-0.25, -0.2) is 12.7 Å². The molecule has 32 heavy (non-hydrogen) atoms. The molecule has 0 saturated heterocycles. The fourth-order valence-electron chi connectivity index (χ4n) is 3.18. The molecule has 0 aliphatic heterocycles. The molecule has 3 aromatic rings. The standard InChI is InChI=1S/C22H27N5O4S/c1-7-31-19-11-9-17(13-20(19)32(29,30)26(5)6)23-22(28)21-16(4)24-27(25-21)18-10-8-14(2)12-15(18)3/h8-13H,7H2,1-6H3,(H,23,28). The zero-order chi connectivity index (χ0) is 23.6. The SMILES string of the molecule is CCOc1ccc(NC(=O)c2nn(-c3ccc(C)cc3C)nc2C)cc1S(=O)(=O)N(C)C. The van der Waals surface area contributed by atoms with Gasteiger partial charge >= 0.3 is 0 Å². The third kappa shape index (κ3) is 4.66. The first-order valence-corrected chi connectivity index (χ1v) is 11.5. The molecule has 0 radical (unpaired) electrons. The van der Waals surface area contributed by atoms with Crippen molar-refractivity contribution in [3.63, 3.8) is 0 Å². The lowest BCUT2D eigenvalue weighted by Gasteiger charge is -2.16. The largest absolute Gasteiger partial charge is 0.492 e. The summed E-state index contributed by atoms with van der Waals surface area (Å²) in [6, 6.07) is 10.4. The zero-order valence-corrected chi connectivity index (χ0v) is 19.8. The molecule has 1 aromatic heterocycles. The normalized spacial score (nSPS) is 11.6. The van der Waals surface area contributed by atoms with E-state index in [2.05, 4.69) is 15.5 Å². The topological polar surface area (TPSA) is 106 Å². The first kappa shape index (κ1) is 23.4. The van der Waals surface area contributed by atoms with Crippen molar-refractivity contribution in [3.8, 4) is 11.4 Å². The van der Waals surface area contributed by atoms with Gasteiger partial charge < -0.3 is 10.1 Å². The molecule has 0 spiro atoms. The predicted octanol–water partition coefficient (Wildman–Crippen LogP) is 3.09. The maximum Gasteiger partial charge on any atom is 0.278 e. The second-order valence-corrected chi connectivity index (χ2v) is 9.67. The second-order valence-electron chi connectivity index (χ2n) is 7.55. The summed E-state index contributed by atoms with van der Waals surface area (Å²) in [5.74, 6) is -0.271. The van der Waals surface area contributed by atoms with E-state index < -0.39 is 15.9 Å². The summed E-state index contributed by atoms with van der Waals surface area (Å²) in [7, 11) is -0.905. The number of benzene rings is 2. The lowest BCUT2D eigenvalue weighted by Crippen LogP contribution is -2.23. The van der Waals surface area contributed by atoms with Crippen LogP contribution in [0.3, 0.4) is 0 Å². The first-order chi connectivity index (χ1) is 15.0. The molecule has 0 unspecified atom stereocenters. The van der Waals surface area contributed by atoms with Crippen molar-refractivity contribution >= 4 is 21.6 Å². The third-order valence-electron chi connectivity index (χ3n) is 4.83. The molecule has 0 aliphatic rings. The van der Waals surface area contributed by atoms with Gasteiger partial charge in [-0.05, 0) is 57.5 Å². The van der Waals surface area contributed by atoms with Crippen molar-refractivity contribution in [3.05, 3.63) is 58.9 Å². The number of aromatic nitrogens is 3. The Hall–Kier alpha value is -3.24. The molecule has 0 saturated carbocycles. The lowest BCUT2D eigenvalue weighted by atomic mass is 10.1. The quantitative estimate of drug-likeness (QED) is 0.584. The van der Waals surface area contributed by atoms with Gasteiger partial charge in [0.25, 0.3) is 5.91 Å². The Morgan fingerprint density at radius 2 is 1.81 bits per heavy atom. The molecule has 10 heteroatoms. The monoisotopic (exact) mass is 457 g/mol. The smallest absolute Gasteiger partial charge is 0.278 e. The number of carbonyl (C=O) groups excluding carboxylic acids is 1. The number of amides is 1. The number of sulfonamides is 1. The van der Waals surface area contributed by atoms with Crippen molar-refractivity contribution < 1.29 is 17.9 Å². The van der Waals surface area contributed by atoms with Gasteiger partial charge in [0.2, 0.25) is 10.0 Å². The van der Waals surface area contributed by atoms with Crippen molar-refractivity contribution in [2.45, 2.75) is 32.6 Å². The third-order valence-corrected chi connectivity index (χ3v) is 6.66. The predicted molar refractivity (Wildman–Crippen MR) is 122 cm³/mol. The summed E-state index contributed by atoms with van der Waals surface area (Å²) in [6.45, 7) is 7.72. The van der Waals surface area contributed by atoms with Crippen LogP contribution in [0.1, 0.15) is 34.2 Å². The summed E-state index contributed by atoms with van der Waals surface area (Å²) in [4.78, 5) is 14.3. The molecule has 3 rings (SSSR count). The van der Waals surface area contributed by atoms with Crippen LogP contribution in [-0.2, 0) is 10.0 Å². The van der Waals surface area contributed by atoms with E-state index in [-0.39, 0.29) is 16.3 Å². The van der Waals surface area contributed by atoms with Crippen molar-refractivity contribution in [2.24, 2.45) is 0 Å². The number of nitrogens with one attached hydrogen (secondary N) is 1. The van der Waals surface area contributed by atoms with E-state index in [0.717, 1.165) is 21.1 Å². The Bertz CT molecular complexity index is 1270. The van der Waals surface area contributed by atoms with E-state index in [1.165, 1.54) is 31.0 Å². The van der Waals surface area contributed by atoms with Gasteiger partial charge in [-0.1, -0.05) is 17.7 Å². The molecule has 0 aliphatic carbocycles. The van der Waals surface area contributed by atoms with Crippen LogP contribution in [0.4, 0.5) is 5.69 Å². The Labute approximate surface area is 188 Å². The van der Waals surface area contributed by atoms with E-state index in [4.69, 9.17) is 4.74 Å². The number of anilines is 1. The minimum atomic E-state index is -3.78. The molecule has 1 heterocycles. The van der Waals surface area contributed by atoms with Crippen LogP contribution in [0.2, 0.25) is 0 Å². The lowest BCUT2D eigenvalue weighted by molar-refractivity contribution is 0.102. The number of hydrogen-bond donors (Lipinski definition) is 1. The van der Waals surface area contributed by atoms with Crippen LogP contribution in [0, 0.1) is 20.8 Å². The molecule has 170 valence electrons. The van der Waals surface area contributed by atoms with Gasteiger partial charge in [-0.15, -0.1) is 5.10 Å². The average molecular weight is 458 g/mol. The van der Waals surface area contributed by atoms with Crippen molar-refractivity contribution in [1.82, 2.24) is 19.3 Å². The van der Waals surface area contributed by atoms with Gasteiger partial charge in [-0.2, -0.15) is 9.90 Å². The minimum absolute atomic E-state index is 0.0298. The summed E-state index contributed by atoms with van der Waals surface area (Å²) >= 11 is 0. The minimum Gasteiger partial charge on any atom is -0.492 e. The van der Waals surface area contributed by atoms with E-state index >= 15 is 0 Å². The van der Waals surface area contributed by atoms with E-state index in [9.17, 15) is 13.2 Å². The average Bonchev–Trinajstić information content (AvgIpc) is 3.10. The van der Waals surface area contributed by atoms with Gasteiger partial charge in [-0.3, -0.25) is 4.79 Å². The highest BCUT2D eigenvalue weighted by atomic mass is 32.2. The molecular weight excluding hydrogens is 430 g/mol. The number of hydrogen-bond acceptors (Lipinski definition) is 6. The number of aryl methyl sites for hydroxylation is 3. The fourth-order valence-corrected chi connectivity index (χ4v) is 4.23. The van der Waals surface area contributed by atoms with Crippen molar-refractivity contribution in [2.75, 3.05) is 26.0 Å². The Balaban J connectivity index is 1.93. The van der Waals surface area contributed by atoms with E-state index in [0.29, 0.717) is 18.0 Å². The molecule has 1 N–H and O–H groups in total. The maximum atomic E-state index is 12.9. The first-order valence-electron chi connectivity index (χ1n) is 10.1. The van der Waals surface area contributed by atoms with Crippen LogP contribution in [0.25, 0.3) is 5.69 Å². The molecule has 0 atom stereocenters. The summed E-state index contributed by atoms with van der Waals surface area (Å²) < 4.78 is 32.0. The Morgan fingerprint density at radius 3 is 2.44 bits per heavy atom. The number of ether oxygens (including phenoxy) is 1. The molecule has 0 fully saturated rings. The Morgan fingerprint density at radius 1 is 1.09 bits per heavy atom. The summed E-state index contributed by atoms with van der Waals surface area (Å²) in [6.07, 6.45) is 0. The second kappa shape index (κ2) is 9.09. The van der Waals surface area contributed by atoms with E-state index in [1.54, 1.807) is 19.9 Å². The van der Waals surface area contributed by atoms with Gasteiger partial charge in [0.05, 0.1) is 18.0 Å². The zero-order valence-electron chi connectivity index (χ0n) is 19.0. The van der Waals surface area contributed by atoms with Crippen LogP contribution >= 0.6 is 0 Å². The summed E-state index contributed by atoms with van der Waals surface area (Å²) in [5.41, 5.74) is 3.78. The highest BCUT2D eigenvalue weighted by molar-refractivity contribution is 7.89. The number of nitrogens with zero attached hydrogens (tertiary/aromatic N) is 4. The van der Waals surface area contributed by atoms with Gasteiger partial charge in [0.1, 0.15) is 10.6 Å². The van der Waals surface area contributed by atoms with E-state index in [1.807, 2.05) is 32.0 Å². The fraction of sp³-hybridized carbons (Fsp3) is 0.318. The van der Waals surface area contributed by atoms with Crippen LogP contribution in [0.5, 0.6) is 5.75 Å². The number of carbonyl (C=O) groups is 1. The molecular formula is C22H27N5O4S. The van der Waals surface area contributed by atoms with Crippen LogP contribution < -0.4 is 10.1 Å². The highest BCUT2D eigenvalue weighted by Crippen LogP contribution is 2.29. The van der Waals surface area contributed by atoms with Crippen molar-refractivity contribution in [1.29, 1.82) is 0 Å². The molecule has 2 aromatic carbocycles. The van der Waals surface area contributed by atoms with Crippen LogP contribution in [0.15, 0.2) is 41.3 Å². The highest BCUT2D eigenvalue weighted by Gasteiger charge is 2.24. The molecule has 0 bridgehead atoms. The maximum absolute atomic E-state index is 12.9. The summed E-state index contributed by atoms with van der Waals surface area (Å²) in [5, 5.41) is 11.4. The van der Waals surface area contributed by atoms with Gasteiger partial charge in [0.15, 0.2) is 5.69 Å². The molecule has 9 nitrogen and oxygen atoms in total.